The first-order valence-electron chi connectivity index (χ1n) is 8.60. The van der Waals surface area contributed by atoms with E-state index < -0.39 is 0 Å². The Labute approximate surface area is 127 Å². The van der Waals surface area contributed by atoms with Crippen molar-refractivity contribution in [2.24, 2.45) is 23.2 Å². The van der Waals surface area contributed by atoms with Crippen LogP contribution >= 0.6 is 0 Å². The molecule has 4 aliphatic carbocycles. The van der Waals surface area contributed by atoms with Crippen LogP contribution in [0.5, 0.6) is 0 Å². The van der Waals surface area contributed by atoms with Crippen LogP contribution in [0.2, 0.25) is 0 Å². The third-order valence-electron chi connectivity index (χ3n) is 7.03. The maximum absolute atomic E-state index is 12.3. The van der Waals surface area contributed by atoms with E-state index in [1.807, 2.05) is 0 Å². The average molecular weight is 286 g/mol. The van der Waals surface area contributed by atoms with Gasteiger partial charge < -0.3 is 4.74 Å². The Morgan fingerprint density at radius 2 is 2.10 bits per heavy atom. The van der Waals surface area contributed by atoms with Gasteiger partial charge in [-0.05, 0) is 62.4 Å². The summed E-state index contributed by atoms with van der Waals surface area (Å²) in [6.45, 7) is 2.26. The number of ether oxygens (including phenoxy) is 1. The zero-order valence-corrected chi connectivity index (χ0v) is 13.3. The molecule has 0 aromatic heterocycles. The zero-order chi connectivity index (χ0) is 14.6. The Balaban J connectivity index is 1.62. The quantitative estimate of drug-likeness (QED) is 0.667. The van der Waals surface area contributed by atoms with Crippen molar-refractivity contribution in [3.8, 4) is 0 Å². The van der Waals surface area contributed by atoms with Crippen LogP contribution in [-0.2, 0) is 9.53 Å². The van der Waals surface area contributed by atoms with Gasteiger partial charge in [0.2, 0.25) is 0 Å². The van der Waals surface area contributed by atoms with E-state index in [0.717, 1.165) is 49.7 Å². The largest absolute Gasteiger partial charge is 0.501 e. The van der Waals surface area contributed by atoms with Crippen LogP contribution < -0.4 is 0 Å². The van der Waals surface area contributed by atoms with Crippen LogP contribution in [0.4, 0.5) is 0 Å². The summed E-state index contributed by atoms with van der Waals surface area (Å²) in [7, 11) is 1.79. The lowest BCUT2D eigenvalue weighted by molar-refractivity contribution is -0.129. The van der Waals surface area contributed by atoms with Crippen LogP contribution in [0.25, 0.3) is 0 Å². The number of hydrogen-bond acceptors (Lipinski definition) is 2. The Morgan fingerprint density at radius 1 is 1.24 bits per heavy atom. The number of carbonyl (C=O) groups is 1. The minimum Gasteiger partial charge on any atom is -0.501 e. The van der Waals surface area contributed by atoms with Gasteiger partial charge in [-0.15, -0.1) is 0 Å². The van der Waals surface area contributed by atoms with E-state index in [2.05, 4.69) is 13.0 Å². The van der Waals surface area contributed by atoms with E-state index in [9.17, 15) is 4.79 Å². The van der Waals surface area contributed by atoms with Gasteiger partial charge in [-0.2, -0.15) is 0 Å². The standard InChI is InChI=1S/C19H26O2/c1-19-10-9-15-14-6-4-13(21-2)11-12(14)3-5-16(15)17(19)7-8-18(19)20/h4,15-17H,3,5-11H2,1-2H3/t15-,16-,17+,19+/m1/s1. The second-order valence-electron chi connectivity index (χ2n) is 7.72. The Morgan fingerprint density at radius 3 is 2.90 bits per heavy atom. The van der Waals surface area contributed by atoms with Gasteiger partial charge in [0.15, 0.2) is 0 Å². The molecule has 0 aromatic carbocycles. The van der Waals surface area contributed by atoms with Crippen molar-refractivity contribution >= 4 is 5.78 Å². The van der Waals surface area contributed by atoms with Crippen LogP contribution in [0.1, 0.15) is 58.3 Å². The maximum atomic E-state index is 12.3. The van der Waals surface area contributed by atoms with Gasteiger partial charge in [0, 0.05) is 18.3 Å². The molecule has 114 valence electrons. The van der Waals surface area contributed by atoms with E-state index in [0.29, 0.717) is 11.7 Å². The van der Waals surface area contributed by atoms with Crippen LogP contribution in [0, 0.1) is 23.2 Å². The summed E-state index contributed by atoms with van der Waals surface area (Å²) in [6.07, 6.45) is 11.3. The van der Waals surface area contributed by atoms with Crippen molar-refractivity contribution in [3.63, 3.8) is 0 Å². The smallest absolute Gasteiger partial charge is 0.139 e. The van der Waals surface area contributed by atoms with Crippen LogP contribution in [0.15, 0.2) is 23.0 Å². The van der Waals surface area contributed by atoms with Gasteiger partial charge in [-0.1, -0.05) is 18.1 Å². The molecular weight excluding hydrogens is 260 g/mol. The molecule has 2 fully saturated rings. The van der Waals surface area contributed by atoms with E-state index >= 15 is 0 Å². The Bertz CT molecular complexity index is 542. The highest BCUT2D eigenvalue weighted by molar-refractivity contribution is 5.87. The normalized spacial score (nSPS) is 42.1. The first-order valence-corrected chi connectivity index (χ1v) is 8.60. The minimum atomic E-state index is 0.0153. The molecule has 4 aliphatic rings. The topological polar surface area (TPSA) is 26.3 Å². The summed E-state index contributed by atoms with van der Waals surface area (Å²) < 4.78 is 5.46. The lowest BCUT2D eigenvalue weighted by Gasteiger charge is -2.49. The molecule has 0 aromatic rings. The molecule has 0 N–H and O–H groups in total. The number of allylic oxidation sites excluding steroid dienone is 3. The summed E-state index contributed by atoms with van der Waals surface area (Å²) in [4.78, 5) is 12.3. The predicted molar refractivity (Wildman–Crippen MR) is 82.6 cm³/mol. The van der Waals surface area contributed by atoms with Gasteiger partial charge in [-0.3, -0.25) is 4.79 Å². The molecular formula is C19H26O2. The number of hydrogen-bond donors (Lipinski definition) is 0. The van der Waals surface area contributed by atoms with E-state index in [1.165, 1.54) is 19.3 Å². The molecule has 0 heterocycles. The molecule has 2 nitrogen and oxygen atoms in total. The van der Waals surface area contributed by atoms with Crippen molar-refractivity contribution in [3.05, 3.63) is 23.0 Å². The molecule has 0 radical (unpaired) electrons. The van der Waals surface area contributed by atoms with E-state index in [4.69, 9.17) is 4.74 Å². The monoisotopic (exact) mass is 286 g/mol. The van der Waals surface area contributed by atoms with E-state index in [-0.39, 0.29) is 5.41 Å². The molecule has 0 amide bonds. The molecule has 4 atom stereocenters. The summed E-state index contributed by atoms with van der Waals surface area (Å²) in [5.41, 5.74) is 3.39. The van der Waals surface area contributed by atoms with Gasteiger partial charge >= 0.3 is 0 Å². The average Bonchev–Trinajstić information content (AvgIpc) is 2.82. The van der Waals surface area contributed by atoms with Crippen molar-refractivity contribution in [2.45, 2.75) is 58.3 Å². The number of carbonyl (C=O) groups excluding carboxylic acids is 1. The highest BCUT2D eigenvalue weighted by Crippen LogP contribution is 2.59. The second kappa shape index (κ2) is 4.72. The molecule has 0 saturated heterocycles. The lowest BCUT2D eigenvalue weighted by atomic mass is 9.55. The SMILES string of the molecule is COC1=CCC2=C(CC[C@@H]3[C@@H]2CC[C@]2(C)C(=O)CC[C@@H]32)C1. The summed E-state index contributed by atoms with van der Waals surface area (Å²) in [5.74, 6) is 3.89. The molecule has 0 unspecified atom stereocenters. The van der Waals surface area contributed by atoms with Crippen molar-refractivity contribution in [1.82, 2.24) is 0 Å². The maximum Gasteiger partial charge on any atom is 0.139 e. The van der Waals surface area contributed by atoms with Crippen molar-refractivity contribution in [2.75, 3.05) is 7.11 Å². The number of methoxy groups -OCH3 is 1. The molecule has 0 spiro atoms. The van der Waals surface area contributed by atoms with Crippen LogP contribution in [0.3, 0.4) is 0 Å². The minimum absolute atomic E-state index is 0.0153. The fourth-order valence-corrected chi connectivity index (χ4v) is 5.82. The first-order chi connectivity index (χ1) is 10.1. The molecule has 0 bridgehead atoms. The molecule has 4 rings (SSSR count). The van der Waals surface area contributed by atoms with Crippen molar-refractivity contribution < 1.29 is 9.53 Å². The van der Waals surface area contributed by atoms with Gasteiger partial charge in [-0.25, -0.2) is 0 Å². The van der Waals surface area contributed by atoms with Gasteiger partial charge in [0.05, 0.1) is 12.9 Å². The Hall–Kier alpha value is -1.05. The van der Waals surface area contributed by atoms with E-state index in [1.54, 1.807) is 18.3 Å². The highest BCUT2D eigenvalue weighted by Gasteiger charge is 2.54. The van der Waals surface area contributed by atoms with Gasteiger partial charge in [0.25, 0.3) is 0 Å². The summed E-state index contributed by atoms with van der Waals surface area (Å²) >= 11 is 0. The fraction of sp³-hybridized carbons (Fsp3) is 0.737. The molecule has 2 heteroatoms. The third kappa shape index (κ3) is 1.87. The molecule has 0 aliphatic heterocycles. The first kappa shape index (κ1) is 13.6. The zero-order valence-electron chi connectivity index (χ0n) is 13.3. The third-order valence-corrected chi connectivity index (χ3v) is 7.03. The highest BCUT2D eigenvalue weighted by atomic mass is 16.5. The molecule has 21 heavy (non-hydrogen) atoms. The van der Waals surface area contributed by atoms with Gasteiger partial charge in [0.1, 0.15) is 5.78 Å². The Kier molecular flexibility index (Phi) is 3.06. The lowest BCUT2D eigenvalue weighted by Crippen LogP contribution is -2.43. The fourth-order valence-electron chi connectivity index (χ4n) is 5.82. The number of fused-ring (bicyclic) bond motifs is 4. The van der Waals surface area contributed by atoms with Crippen LogP contribution in [-0.4, -0.2) is 12.9 Å². The summed E-state index contributed by atoms with van der Waals surface area (Å²) in [6, 6.07) is 0. The van der Waals surface area contributed by atoms with Crippen molar-refractivity contribution in [1.29, 1.82) is 0 Å². The molecule has 2 saturated carbocycles. The summed E-state index contributed by atoms with van der Waals surface area (Å²) in [5, 5.41) is 0. The second-order valence-corrected chi connectivity index (χ2v) is 7.72. The predicted octanol–water partition coefficient (Wildman–Crippen LogP) is 4.41. The number of ketones is 1. The number of Topliss-reactive ketones (excluding diaryl/α,β-unsaturated/α-hetero) is 1. The number of rotatable bonds is 1.